The Labute approximate surface area is 124 Å². The van der Waals surface area contributed by atoms with Crippen molar-refractivity contribution in [1.82, 2.24) is 0 Å². The van der Waals surface area contributed by atoms with E-state index in [1.54, 1.807) is 19.1 Å². The molecular formula is C14H15BrF3NO. The molecule has 1 atom stereocenters. The molecule has 110 valence electrons. The van der Waals surface area contributed by atoms with Crippen LogP contribution in [0.15, 0.2) is 34.3 Å². The number of nitrogens with zero attached hydrogens (tertiary/aromatic N) is 1. The highest BCUT2D eigenvalue weighted by Crippen LogP contribution is 2.34. The van der Waals surface area contributed by atoms with Gasteiger partial charge in [0.05, 0.1) is 11.8 Å². The summed E-state index contributed by atoms with van der Waals surface area (Å²) in [7, 11) is 0. The van der Waals surface area contributed by atoms with Gasteiger partial charge in [-0.3, -0.25) is 0 Å². The third-order valence-electron chi connectivity index (χ3n) is 3.37. The quantitative estimate of drug-likeness (QED) is 0.808. The lowest BCUT2D eigenvalue weighted by Crippen LogP contribution is -2.32. The number of aliphatic hydroxyl groups is 1. The second-order valence-electron chi connectivity index (χ2n) is 4.81. The first-order chi connectivity index (χ1) is 9.29. The van der Waals surface area contributed by atoms with E-state index in [0.717, 1.165) is 15.7 Å². The summed E-state index contributed by atoms with van der Waals surface area (Å²) in [4.78, 5) is 1.88. The average Bonchev–Trinajstić information content (AvgIpc) is 2.37. The zero-order valence-corrected chi connectivity index (χ0v) is 12.5. The van der Waals surface area contributed by atoms with E-state index in [1.165, 1.54) is 6.08 Å². The van der Waals surface area contributed by atoms with Crippen molar-refractivity contribution in [3.05, 3.63) is 39.9 Å². The van der Waals surface area contributed by atoms with Crippen LogP contribution in [0.2, 0.25) is 0 Å². The fourth-order valence-electron chi connectivity index (χ4n) is 2.18. The zero-order valence-electron chi connectivity index (χ0n) is 10.9. The Morgan fingerprint density at radius 1 is 1.35 bits per heavy atom. The molecule has 1 aromatic rings. The topological polar surface area (TPSA) is 23.5 Å². The number of hydrogen-bond acceptors (Lipinski definition) is 2. The van der Waals surface area contributed by atoms with E-state index in [1.807, 2.05) is 11.0 Å². The highest BCUT2D eigenvalue weighted by atomic mass is 79.9. The van der Waals surface area contributed by atoms with Gasteiger partial charge in [-0.25, -0.2) is 0 Å². The van der Waals surface area contributed by atoms with Gasteiger partial charge in [0.25, 0.3) is 0 Å². The maximum absolute atomic E-state index is 12.6. The number of halogens is 4. The van der Waals surface area contributed by atoms with Crippen LogP contribution in [0.1, 0.15) is 25.0 Å². The van der Waals surface area contributed by atoms with E-state index in [4.69, 9.17) is 0 Å². The van der Waals surface area contributed by atoms with Crippen LogP contribution in [0, 0.1) is 0 Å². The van der Waals surface area contributed by atoms with E-state index in [9.17, 15) is 18.3 Å². The van der Waals surface area contributed by atoms with Gasteiger partial charge in [-0.1, -0.05) is 12.1 Å². The average molecular weight is 350 g/mol. The van der Waals surface area contributed by atoms with Gasteiger partial charge in [-0.05, 0) is 47.0 Å². The van der Waals surface area contributed by atoms with Crippen LogP contribution < -0.4 is 4.90 Å². The molecule has 0 fully saturated rings. The van der Waals surface area contributed by atoms with E-state index in [2.05, 4.69) is 15.9 Å². The van der Waals surface area contributed by atoms with Gasteiger partial charge in [0.1, 0.15) is 0 Å². The minimum atomic E-state index is -4.22. The summed E-state index contributed by atoms with van der Waals surface area (Å²) in [6.45, 7) is 2.24. The van der Waals surface area contributed by atoms with Crippen molar-refractivity contribution in [2.75, 3.05) is 18.0 Å². The van der Waals surface area contributed by atoms with Crippen molar-refractivity contribution in [1.29, 1.82) is 0 Å². The number of benzene rings is 1. The molecule has 1 N–H and O–H groups in total. The second kappa shape index (κ2) is 5.77. The fourth-order valence-corrected chi connectivity index (χ4v) is 2.83. The SMILES string of the molecule is CC(O)c1ccc(N2CC=C(C(F)(F)F)CC2)c(Br)c1. The van der Waals surface area contributed by atoms with Gasteiger partial charge in [-0.2, -0.15) is 13.2 Å². The Balaban J connectivity index is 2.17. The summed E-state index contributed by atoms with van der Waals surface area (Å²) < 4.78 is 38.5. The van der Waals surface area contributed by atoms with Crippen LogP contribution in [0.4, 0.5) is 18.9 Å². The van der Waals surface area contributed by atoms with Crippen molar-refractivity contribution in [2.45, 2.75) is 25.6 Å². The molecule has 20 heavy (non-hydrogen) atoms. The molecule has 2 nitrogen and oxygen atoms in total. The molecule has 0 saturated carbocycles. The van der Waals surface area contributed by atoms with Crippen LogP contribution in [-0.2, 0) is 0 Å². The molecule has 1 aliphatic rings. The maximum Gasteiger partial charge on any atom is 0.412 e. The molecule has 0 amide bonds. The lowest BCUT2D eigenvalue weighted by Gasteiger charge is -2.30. The maximum atomic E-state index is 12.6. The van der Waals surface area contributed by atoms with Crippen molar-refractivity contribution in [3.8, 4) is 0 Å². The first-order valence-corrected chi connectivity index (χ1v) is 7.07. The van der Waals surface area contributed by atoms with Crippen molar-refractivity contribution >= 4 is 21.6 Å². The number of anilines is 1. The summed E-state index contributed by atoms with van der Waals surface area (Å²) in [5.74, 6) is 0. The Hall–Kier alpha value is -1.01. The van der Waals surface area contributed by atoms with Crippen molar-refractivity contribution in [3.63, 3.8) is 0 Å². The summed E-state index contributed by atoms with van der Waals surface area (Å²) >= 11 is 3.41. The first-order valence-electron chi connectivity index (χ1n) is 6.27. The molecule has 1 aliphatic heterocycles. The minimum Gasteiger partial charge on any atom is -0.389 e. The summed E-state index contributed by atoms with van der Waals surface area (Å²) in [5.41, 5.74) is 1.15. The van der Waals surface area contributed by atoms with E-state index in [-0.39, 0.29) is 13.0 Å². The monoisotopic (exact) mass is 349 g/mol. The Morgan fingerprint density at radius 3 is 2.50 bits per heavy atom. The molecule has 2 rings (SSSR count). The lowest BCUT2D eigenvalue weighted by molar-refractivity contribution is -0.0944. The number of rotatable bonds is 2. The van der Waals surface area contributed by atoms with Gasteiger partial charge in [-0.15, -0.1) is 0 Å². The predicted octanol–water partition coefficient (Wildman–Crippen LogP) is 4.20. The standard InChI is InChI=1S/C14H15BrF3NO/c1-9(20)10-2-3-13(12(15)8-10)19-6-4-11(5-7-19)14(16,17)18/h2-4,8-9,20H,5-7H2,1H3. The minimum absolute atomic E-state index is 0.00586. The molecule has 0 aliphatic carbocycles. The number of hydrogen-bond donors (Lipinski definition) is 1. The molecule has 6 heteroatoms. The third-order valence-corrected chi connectivity index (χ3v) is 4.00. The number of alkyl halides is 3. The van der Waals surface area contributed by atoms with Gasteiger partial charge in [0.2, 0.25) is 0 Å². The van der Waals surface area contributed by atoms with Gasteiger partial charge in [0.15, 0.2) is 0 Å². The van der Waals surface area contributed by atoms with E-state index >= 15 is 0 Å². The molecule has 0 saturated heterocycles. The van der Waals surface area contributed by atoms with Gasteiger partial charge >= 0.3 is 6.18 Å². The largest absolute Gasteiger partial charge is 0.412 e. The molecule has 0 bridgehead atoms. The third kappa shape index (κ3) is 3.35. The molecule has 1 heterocycles. The summed E-state index contributed by atoms with van der Waals surface area (Å²) in [6, 6.07) is 5.40. The molecular weight excluding hydrogens is 335 g/mol. The predicted molar refractivity (Wildman–Crippen MR) is 75.7 cm³/mol. The molecule has 0 radical (unpaired) electrons. The molecule has 1 unspecified atom stereocenters. The fraction of sp³-hybridized carbons (Fsp3) is 0.429. The smallest absolute Gasteiger partial charge is 0.389 e. The first kappa shape index (κ1) is 15.4. The van der Waals surface area contributed by atoms with E-state index in [0.29, 0.717) is 6.54 Å². The number of aliphatic hydroxyl groups excluding tert-OH is 1. The van der Waals surface area contributed by atoms with Crippen LogP contribution >= 0.6 is 15.9 Å². The second-order valence-corrected chi connectivity index (χ2v) is 5.66. The van der Waals surface area contributed by atoms with Crippen LogP contribution in [0.25, 0.3) is 0 Å². The summed E-state index contributed by atoms with van der Waals surface area (Å²) in [6.07, 6.45) is -3.56. The van der Waals surface area contributed by atoms with Gasteiger partial charge < -0.3 is 10.0 Å². The van der Waals surface area contributed by atoms with Crippen LogP contribution in [-0.4, -0.2) is 24.4 Å². The van der Waals surface area contributed by atoms with E-state index < -0.39 is 17.9 Å². The Kier molecular flexibility index (Phi) is 4.44. The Morgan fingerprint density at radius 2 is 2.05 bits per heavy atom. The molecule has 0 aromatic heterocycles. The van der Waals surface area contributed by atoms with Crippen LogP contribution in [0.5, 0.6) is 0 Å². The molecule has 0 spiro atoms. The lowest BCUT2D eigenvalue weighted by atomic mass is 10.1. The van der Waals surface area contributed by atoms with Crippen LogP contribution in [0.3, 0.4) is 0 Å². The zero-order chi connectivity index (χ0) is 14.9. The van der Waals surface area contributed by atoms with Crippen molar-refractivity contribution in [2.24, 2.45) is 0 Å². The summed E-state index contributed by atoms with van der Waals surface area (Å²) in [5, 5.41) is 9.50. The molecule has 1 aromatic carbocycles. The Bertz CT molecular complexity index is 526. The normalized spacial score (nSPS) is 17.9. The van der Waals surface area contributed by atoms with Gasteiger partial charge in [0, 0.05) is 23.1 Å². The van der Waals surface area contributed by atoms with Crippen molar-refractivity contribution < 1.29 is 18.3 Å². The highest BCUT2D eigenvalue weighted by molar-refractivity contribution is 9.10. The highest BCUT2D eigenvalue weighted by Gasteiger charge is 2.34.